The molecular formula is C13H24. The minimum Gasteiger partial charge on any atom is -0.0854 e. The molecule has 3 atom stereocenters. The average Bonchev–Trinajstić information content (AvgIpc) is 2.04. The van der Waals surface area contributed by atoms with Gasteiger partial charge in [0, 0.05) is 0 Å². The molecule has 0 saturated heterocycles. The van der Waals surface area contributed by atoms with E-state index in [0.29, 0.717) is 0 Å². The molecule has 13 heavy (non-hydrogen) atoms. The Bertz CT molecular complexity index is 167. The van der Waals surface area contributed by atoms with Gasteiger partial charge in [-0.25, -0.2) is 0 Å². The highest BCUT2D eigenvalue weighted by Gasteiger charge is 2.19. The molecule has 0 fully saturated rings. The Morgan fingerprint density at radius 2 is 1.85 bits per heavy atom. The molecule has 0 aromatic heterocycles. The van der Waals surface area contributed by atoms with Crippen LogP contribution in [0.4, 0.5) is 0 Å². The van der Waals surface area contributed by atoms with Crippen molar-refractivity contribution in [1.29, 1.82) is 0 Å². The number of rotatable bonds is 3. The maximum absolute atomic E-state index is 2.46. The highest BCUT2D eigenvalue weighted by atomic mass is 14.2. The Balaban J connectivity index is 2.39. The molecule has 0 aromatic rings. The van der Waals surface area contributed by atoms with Crippen LogP contribution in [-0.2, 0) is 0 Å². The van der Waals surface area contributed by atoms with Gasteiger partial charge in [-0.05, 0) is 42.9 Å². The van der Waals surface area contributed by atoms with E-state index in [1.54, 1.807) is 0 Å². The molecule has 0 aromatic carbocycles. The van der Waals surface area contributed by atoms with E-state index in [1.807, 2.05) is 0 Å². The molecule has 0 bridgehead atoms. The third kappa shape index (κ3) is 3.54. The molecule has 0 aliphatic heterocycles. The first-order valence-corrected chi connectivity index (χ1v) is 5.78. The third-order valence-electron chi connectivity index (χ3n) is 3.22. The Kier molecular flexibility index (Phi) is 4.02. The smallest absolute Gasteiger partial charge is 0.0207 e. The third-order valence-corrected chi connectivity index (χ3v) is 3.22. The second-order valence-electron chi connectivity index (χ2n) is 5.21. The number of allylic oxidation sites excluding steroid dienone is 2. The summed E-state index contributed by atoms with van der Waals surface area (Å²) in [4.78, 5) is 0. The van der Waals surface area contributed by atoms with Crippen molar-refractivity contribution in [2.24, 2.45) is 23.7 Å². The second-order valence-corrected chi connectivity index (χ2v) is 5.21. The van der Waals surface area contributed by atoms with Crippen molar-refractivity contribution in [3.63, 3.8) is 0 Å². The molecule has 0 amide bonds. The van der Waals surface area contributed by atoms with Gasteiger partial charge in [0.2, 0.25) is 0 Å². The monoisotopic (exact) mass is 180 g/mol. The van der Waals surface area contributed by atoms with E-state index in [-0.39, 0.29) is 0 Å². The van der Waals surface area contributed by atoms with Gasteiger partial charge in [0.15, 0.2) is 0 Å². The predicted molar refractivity (Wildman–Crippen MR) is 59.6 cm³/mol. The van der Waals surface area contributed by atoms with Crippen molar-refractivity contribution >= 4 is 0 Å². The van der Waals surface area contributed by atoms with Crippen LogP contribution in [-0.4, -0.2) is 0 Å². The zero-order valence-corrected chi connectivity index (χ0v) is 9.59. The lowest BCUT2D eigenvalue weighted by Crippen LogP contribution is -2.15. The minimum atomic E-state index is 0.822. The summed E-state index contributed by atoms with van der Waals surface area (Å²) in [5, 5.41) is 0. The van der Waals surface area contributed by atoms with Crippen molar-refractivity contribution in [1.82, 2.24) is 0 Å². The maximum Gasteiger partial charge on any atom is -0.0207 e. The Morgan fingerprint density at radius 3 is 2.31 bits per heavy atom. The molecule has 1 aliphatic carbocycles. The van der Waals surface area contributed by atoms with Crippen LogP contribution in [0.25, 0.3) is 0 Å². The van der Waals surface area contributed by atoms with Crippen LogP contribution < -0.4 is 0 Å². The molecule has 0 heteroatoms. The van der Waals surface area contributed by atoms with Crippen LogP contribution in [0.2, 0.25) is 0 Å². The molecule has 0 saturated carbocycles. The standard InChI is InChI=1S/C13H24/c1-10(2)9-12(4)13-7-5-11(3)6-8-13/h5,7,10-13H,6,8-9H2,1-4H3. The van der Waals surface area contributed by atoms with E-state index < -0.39 is 0 Å². The van der Waals surface area contributed by atoms with Crippen molar-refractivity contribution in [3.8, 4) is 0 Å². The first-order chi connectivity index (χ1) is 6.09. The first kappa shape index (κ1) is 10.8. The Morgan fingerprint density at radius 1 is 1.15 bits per heavy atom. The summed E-state index contributed by atoms with van der Waals surface area (Å²) in [7, 11) is 0. The van der Waals surface area contributed by atoms with E-state index in [9.17, 15) is 0 Å². The Labute approximate surface area is 83.4 Å². The van der Waals surface area contributed by atoms with Crippen molar-refractivity contribution < 1.29 is 0 Å². The van der Waals surface area contributed by atoms with Gasteiger partial charge in [-0.3, -0.25) is 0 Å². The fourth-order valence-electron chi connectivity index (χ4n) is 2.37. The van der Waals surface area contributed by atoms with Crippen LogP contribution in [0.3, 0.4) is 0 Å². The quantitative estimate of drug-likeness (QED) is 0.569. The van der Waals surface area contributed by atoms with Crippen LogP contribution >= 0.6 is 0 Å². The summed E-state index contributed by atoms with van der Waals surface area (Å²) < 4.78 is 0. The molecule has 1 rings (SSSR count). The molecule has 3 unspecified atom stereocenters. The summed E-state index contributed by atoms with van der Waals surface area (Å²) in [6.45, 7) is 9.38. The topological polar surface area (TPSA) is 0 Å². The predicted octanol–water partition coefficient (Wildman–Crippen LogP) is 4.27. The summed E-state index contributed by atoms with van der Waals surface area (Å²) >= 11 is 0. The van der Waals surface area contributed by atoms with Gasteiger partial charge in [-0.2, -0.15) is 0 Å². The lowest BCUT2D eigenvalue weighted by molar-refractivity contribution is 0.312. The van der Waals surface area contributed by atoms with Gasteiger partial charge in [0.1, 0.15) is 0 Å². The Hall–Kier alpha value is -0.260. The summed E-state index contributed by atoms with van der Waals surface area (Å²) in [5.74, 6) is 3.41. The molecule has 0 N–H and O–H groups in total. The zero-order valence-electron chi connectivity index (χ0n) is 9.59. The molecule has 0 spiro atoms. The highest BCUT2D eigenvalue weighted by molar-refractivity contribution is 4.98. The fraction of sp³-hybridized carbons (Fsp3) is 0.846. The molecule has 0 heterocycles. The second kappa shape index (κ2) is 4.83. The highest BCUT2D eigenvalue weighted by Crippen LogP contribution is 2.30. The zero-order chi connectivity index (χ0) is 9.84. The van der Waals surface area contributed by atoms with Gasteiger partial charge in [0.05, 0.1) is 0 Å². The van der Waals surface area contributed by atoms with Gasteiger partial charge in [0.25, 0.3) is 0 Å². The first-order valence-electron chi connectivity index (χ1n) is 5.78. The van der Waals surface area contributed by atoms with Crippen LogP contribution in [0.5, 0.6) is 0 Å². The molecule has 0 radical (unpaired) electrons. The van der Waals surface area contributed by atoms with Gasteiger partial charge in [-0.1, -0.05) is 39.8 Å². The fourth-order valence-corrected chi connectivity index (χ4v) is 2.37. The maximum atomic E-state index is 2.46. The van der Waals surface area contributed by atoms with Crippen molar-refractivity contribution in [2.75, 3.05) is 0 Å². The van der Waals surface area contributed by atoms with E-state index in [4.69, 9.17) is 0 Å². The van der Waals surface area contributed by atoms with Gasteiger partial charge < -0.3 is 0 Å². The summed E-state index contributed by atoms with van der Waals surface area (Å²) in [6.07, 6.45) is 9.05. The molecule has 76 valence electrons. The average molecular weight is 180 g/mol. The van der Waals surface area contributed by atoms with E-state index in [0.717, 1.165) is 23.7 Å². The SMILES string of the molecule is CC(C)CC(C)C1C=CC(C)CC1. The van der Waals surface area contributed by atoms with Gasteiger partial charge in [-0.15, -0.1) is 0 Å². The normalized spacial score (nSPS) is 30.8. The van der Waals surface area contributed by atoms with Crippen LogP contribution in [0.1, 0.15) is 47.0 Å². The number of hydrogen-bond donors (Lipinski definition) is 0. The lowest BCUT2D eigenvalue weighted by atomic mass is 9.79. The van der Waals surface area contributed by atoms with Crippen LogP contribution in [0.15, 0.2) is 12.2 Å². The van der Waals surface area contributed by atoms with Crippen LogP contribution in [0, 0.1) is 23.7 Å². The summed E-state index contributed by atoms with van der Waals surface area (Å²) in [5.41, 5.74) is 0. The minimum absolute atomic E-state index is 0.822. The van der Waals surface area contributed by atoms with Crippen molar-refractivity contribution in [2.45, 2.75) is 47.0 Å². The van der Waals surface area contributed by atoms with Crippen molar-refractivity contribution in [3.05, 3.63) is 12.2 Å². The molecule has 1 aliphatic rings. The summed E-state index contributed by atoms with van der Waals surface area (Å²) in [6, 6.07) is 0. The number of hydrogen-bond acceptors (Lipinski definition) is 0. The van der Waals surface area contributed by atoms with E-state index >= 15 is 0 Å². The van der Waals surface area contributed by atoms with E-state index in [2.05, 4.69) is 39.8 Å². The van der Waals surface area contributed by atoms with E-state index in [1.165, 1.54) is 19.3 Å². The molecule has 0 nitrogen and oxygen atoms in total. The van der Waals surface area contributed by atoms with Gasteiger partial charge >= 0.3 is 0 Å². The largest absolute Gasteiger partial charge is 0.0854 e. The molecular weight excluding hydrogens is 156 g/mol. The lowest BCUT2D eigenvalue weighted by Gasteiger charge is -2.27.